The molecule has 0 amide bonds. The molecule has 1 aromatic heterocycles. The molecule has 1 unspecified atom stereocenters. The first-order chi connectivity index (χ1) is 8.65. The Morgan fingerprint density at radius 2 is 2.17 bits per heavy atom. The number of anilines is 2. The lowest BCUT2D eigenvalue weighted by molar-refractivity contribution is 0.171. The Morgan fingerprint density at radius 1 is 1.44 bits per heavy atom. The van der Waals surface area contributed by atoms with Gasteiger partial charge >= 0.3 is 0 Å². The molecule has 0 aliphatic rings. The van der Waals surface area contributed by atoms with Crippen LogP contribution in [0.15, 0.2) is 4.90 Å². The summed E-state index contributed by atoms with van der Waals surface area (Å²) in [6.45, 7) is 4.25. The second kappa shape index (κ2) is 7.83. The molecule has 0 fully saturated rings. The molecule has 0 saturated heterocycles. The highest BCUT2D eigenvalue weighted by Gasteiger charge is 2.21. The largest absolute Gasteiger partial charge is 0.383 e. The van der Waals surface area contributed by atoms with Crippen molar-refractivity contribution in [2.45, 2.75) is 17.9 Å². The smallest absolute Gasteiger partial charge is 0.153 e. The van der Waals surface area contributed by atoms with E-state index in [1.54, 1.807) is 26.0 Å². The lowest BCUT2D eigenvalue weighted by Crippen LogP contribution is -2.38. The molecule has 0 radical (unpaired) electrons. The molecule has 1 heterocycles. The molecule has 18 heavy (non-hydrogen) atoms. The van der Waals surface area contributed by atoms with Crippen molar-refractivity contribution in [1.29, 1.82) is 0 Å². The van der Waals surface area contributed by atoms with Gasteiger partial charge in [0.05, 0.1) is 24.2 Å². The first-order valence-corrected chi connectivity index (χ1v) is 7.69. The number of nitrogen functional groups attached to an aromatic ring is 1. The number of nitrogens with two attached hydrogens (primary N) is 1. The standard InChI is InChI=1S/C11H21N3O2S2/c1-8(7-16-3)14(5-6-15-2)11-9(17-4)10(12)13-18-11/h8H,5-7H2,1-4H3,(H2,12,13). The molecule has 104 valence electrons. The van der Waals surface area contributed by atoms with Crippen molar-refractivity contribution in [1.82, 2.24) is 4.37 Å². The summed E-state index contributed by atoms with van der Waals surface area (Å²) in [6, 6.07) is 0.260. The number of hydrogen-bond acceptors (Lipinski definition) is 7. The number of methoxy groups -OCH3 is 2. The molecule has 0 aromatic carbocycles. The average molecular weight is 291 g/mol. The summed E-state index contributed by atoms with van der Waals surface area (Å²) in [6.07, 6.45) is 2.01. The zero-order valence-electron chi connectivity index (χ0n) is 11.3. The first-order valence-electron chi connectivity index (χ1n) is 5.69. The lowest BCUT2D eigenvalue weighted by Gasteiger charge is -2.29. The maximum absolute atomic E-state index is 5.88. The third kappa shape index (κ3) is 3.74. The maximum atomic E-state index is 5.88. The van der Waals surface area contributed by atoms with Gasteiger partial charge in [0.2, 0.25) is 0 Å². The van der Waals surface area contributed by atoms with Gasteiger partial charge in [-0.1, -0.05) is 0 Å². The van der Waals surface area contributed by atoms with Gasteiger partial charge in [-0.2, -0.15) is 4.37 Å². The Labute approximate surface area is 117 Å². The van der Waals surface area contributed by atoms with Gasteiger partial charge in [-0.05, 0) is 24.7 Å². The molecule has 1 aromatic rings. The van der Waals surface area contributed by atoms with Crippen LogP contribution in [-0.4, -0.2) is 50.6 Å². The monoisotopic (exact) mass is 291 g/mol. The fourth-order valence-electron chi connectivity index (χ4n) is 1.70. The molecule has 2 N–H and O–H groups in total. The molecule has 5 nitrogen and oxygen atoms in total. The molecular formula is C11H21N3O2S2. The number of hydrogen-bond donors (Lipinski definition) is 1. The Bertz CT molecular complexity index is 360. The van der Waals surface area contributed by atoms with E-state index in [0.717, 1.165) is 16.4 Å². The van der Waals surface area contributed by atoms with E-state index in [9.17, 15) is 0 Å². The normalized spacial score (nSPS) is 12.7. The summed E-state index contributed by atoms with van der Waals surface area (Å²) in [5.41, 5.74) is 5.88. The van der Waals surface area contributed by atoms with Crippen LogP contribution in [0, 0.1) is 0 Å². The highest BCUT2D eigenvalue weighted by atomic mass is 32.2. The molecule has 0 spiro atoms. The predicted molar refractivity (Wildman–Crippen MR) is 78.9 cm³/mol. The molecule has 0 bridgehead atoms. The van der Waals surface area contributed by atoms with Gasteiger partial charge in [0.15, 0.2) is 5.82 Å². The maximum Gasteiger partial charge on any atom is 0.153 e. The lowest BCUT2D eigenvalue weighted by atomic mass is 10.3. The summed E-state index contributed by atoms with van der Waals surface area (Å²) >= 11 is 3.06. The van der Waals surface area contributed by atoms with Crippen molar-refractivity contribution < 1.29 is 9.47 Å². The van der Waals surface area contributed by atoms with E-state index in [-0.39, 0.29) is 6.04 Å². The Kier molecular flexibility index (Phi) is 6.77. The Morgan fingerprint density at radius 3 is 2.72 bits per heavy atom. The second-order valence-electron chi connectivity index (χ2n) is 3.90. The van der Waals surface area contributed by atoms with E-state index in [1.165, 1.54) is 11.5 Å². The average Bonchev–Trinajstić information content (AvgIpc) is 2.71. The van der Waals surface area contributed by atoms with Gasteiger partial charge in [-0.3, -0.25) is 0 Å². The van der Waals surface area contributed by atoms with Crippen LogP contribution < -0.4 is 10.6 Å². The van der Waals surface area contributed by atoms with E-state index < -0.39 is 0 Å². The van der Waals surface area contributed by atoms with Gasteiger partial charge in [-0.25, -0.2) is 0 Å². The quantitative estimate of drug-likeness (QED) is 0.739. The van der Waals surface area contributed by atoms with Crippen LogP contribution in [-0.2, 0) is 9.47 Å². The van der Waals surface area contributed by atoms with Crippen molar-refractivity contribution in [3.05, 3.63) is 0 Å². The van der Waals surface area contributed by atoms with Crippen molar-refractivity contribution in [2.24, 2.45) is 0 Å². The zero-order chi connectivity index (χ0) is 13.5. The highest BCUT2D eigenvalue weighted by Crippen LogP contribution is 2.38. The van der Waals surface area contributed by atoms with E-state index in [0.29, 0.717) is 19.0 Å². The number of ether oxygens (including phenoxy) is 2. The molecule has 1 atom stereocenters. The Balaban J connectivity index is 2.93. The van der Waals surface area contributed by atoms with Crippen molar-refractivity contribution >= 4 is 34.1 Å². The predicted octanol–water partition coefficient (Wildman–Crippen LogP) is 1.93. The Hall–Kier alpha value is -0.500. The van der Waals surface area contributed by atoms with Crippen molar-refractivity contribution in [3.63, 3.8) is 0 Å². The minimum atomic E-state index is 0.260. The number of aromatic nitrogens is 1. The highest BCUT2D eigenvalue weighted by molar-refractivity contribution is 7.99. The number of nitrogens with zero attached hydrogens (tertiary/aromatic N) is 2. The van der Waals surface area contributed by atoms with Crippen LogP contribution in [0.4, 0.5) is 10.8 Å². The third-order valence-electron chi connectivity index (χ3n) is 2.60. The van der Waals surface area contributed by atoms with Crippen molar-refractivity contribution in [2.75, 3.05) is 50.9 Å². The van der Waals surface area contributed by atoms with Crippen LogP contribution in [0.1, 0.15) is 6.92 Å². The van der Waals surface area contributed by atoms with E-state index in [2.05, 4.69) is 16.2 Å². The number of thioether (sulfide) groups is 1. The van der Waals surface area contributed by atoms with Crippen LogP contribution in [0.5, 0.6) is 0 Å². The summed E-state index contributed by atoms with van der Waals surface area (Å²) in [5, 5.41) is 1.10. The van der Waals surface area contributed by atoms with Gasteiger partial charge in [0.25, 0.3) is 0 Å². The van der Waals surface area contributed by atoms with E-state index in [4.69, 9.17) is 15.2 Å². The van der Waals surface area contributed by atoms with Gasteiger partial charge in [0.1, 0.15) is 5.00 Å². The zero-order valence-corrected chi connectivity index (χ0v) is 12.9. The van der Waals surface area contributed by atoms with E-state index in [1.807, 2.05) is 6.26 Å². The number of rotatable bonds is 8. The van der Waals surface area contributed by atoms with Crippen LogP contribution >= 0.6 is 23.3 Å². The first kappa shape index (κ1) is 15.6. The summed E-state index contributed by atoms with van der Waals surface area (Å²) in [4.78, 5) is 3.28. The molecule has 0 aliphatic heterocycles. The van der Waals surface area contributed by atoms with Gasteiger partial charge in [0, 0.05) is 20.8 Å². The minimum Gasteiger partial charge on any atom is -0.383 e. The van der Waals surface area contributed by atoms with Crippen LogP contribution in [0.3, 0.4) is 0 Å². The summed E-state index contributed by atoms with van der Waals surface area (Å²) < 4.78 is 14.6. The fraction of sp³-hybridized carbons (Fsp3) is 0.727. The van der Waals surface area contributed by atoms with E-state index >= 15 is 0 Å². The van der Waals surface area contributed by atoms with Gasteiger partial charge < -0.3 is 20.1 Å². The molecule has 1 rings (SSSR count). The minimum absolute atomic E-state index is 0.260. The van der Waals surface area contributed by atoms with Crippen LogP contribution in [0.2, 0.25) is 0 Å². The van der Waals surface area contributed by atoms with Crippen LogP contribution in [0.25, 0.3) is 0 Å². The summed E-state index contributed by atoms with van der Waals surface area (Å²) in [5.74, 6) is 0.606. The third-order valence-corrected chi connectivity index (χ3v) is 4.44. The second-order valence-corrected chi connectivity index (χ2v) is 5.47. The molecular weight excluding hydrogens is 270 g/mol. The summed E-state index contributed by atoms with van der Waals surface area (Å²) in [7, 11) is 3.41. The molecule has 7 heteroatoms. The van der Waals surface area contributed by atoms with Gasteiger partial charge in [-0.15, -0.1) is 11.8 Å². The SMILES string of the molecule is COCCN(c1snc(N)c1SC)C(C)COC. The molecule has 0 saturated carbocycles. The topological polar surface area (TPSA) is 60.6 Å². The molecule has 0 aliphatic carbocycles. The van der Waals surface area contributed by atoms with Crippen molar-refractivity contribution in [3.8, 4) is 0 Å². The fourth-order valence-corrected chi connectivity index (χ4v) is 3.51.